The van der Waals surface area contributed by atoms with Crippen molar-refractivity contribution in [1.82, 2.24) is 5.32 Å². The van der Waals surface area contributed by atoms with Crippen molar-refractivity contribution >= 4 is 8.25 Å². The Morgan fingerprint density at radius 3 is 2.14 bits per heavy atom. The van der Waals surface area contributed by atoms with E-state index in [4.69, 9.17) is 4.89 Å². The molecule has 0 aliphatic heterocycles. The summed E-state index contributed by atoms with van der Waals surface area (Å²) in [6.07, 6.45) is -1.17. The summed E-state index contributed by atoms with van der Waals surface area (Å²) in [5.41, 5.74) is 1.73. The predicted octanol–water partition coefficient (Wildman–Crippen LogP) is 7.14. The number of alkyl halides is 5. The second kappa shape index (κ2) is 14.0. The molecule has 2 aromatic rings. The Kier molecular flexibility index (Phi) is 11.7. The van der Waals surface area contributed by atoms with Crippen LogP contribution >= 0.6 is 8.25 Å². The highest BCUT2D eigenvalue weighted by Crippen LogP contribution is 2.45. The van der Waals surface area contributed by atoms with Crippen molar-refractivity contribution in [2.24, 2.45) is 0 Å². The molecule has 0 aliphatic rings. The standard InChI is InChI=1S/C25H31F5NO3P/c1-19-9-11-20(12-10-19)7-4-2-3-5-8-22-14-13-21(18-31-15-6-16-34-35(32)33)17-23(22)24(26,27)25(28,29)30/h9-14,17,31H,2-8,15-16,18H2,1H3/p+1. The monoisotopic (exact) mass is 520 g/mol. The third-order valence-electron chi connectivity index (χ3n) is 5.68. The molecule has 0 fully saturated rings. The van der Waals surface area contributed by atoms with Crippen LogP contribution in [-0.2, 0) is 34.4 Å². The van der Waals surface area contributed by atoms with Crippen molar-refractivity contribution in [1.29, 1.82) is 0 Å². The maximum atomic E-state index is 14.3. The molecule has 35 heavy (non-hydrogen) atoms. The van der Waals surface area contributed by atoms with Gasteiger partial charge < -0.3 is 5.32 Å². The summed E-state index contributed by atoms with van der Waals surface area (Å²) in [7, 11) is -2.69. The van der Waals surface area contributed by atoms with E-state index < -0.39 is 25.9 Å². The summed E-state index contributed by atoms with van der Waals surface area (Å²) in [5.74, 6) is -4.94. The molecule has 10 heteroatoms. The first-order chi connectivity index (χ1) is 16.5. The average Bonchev–Trinajstić information content (AvgIpc) is 2.79. The van der Waals surface area contributed by atoms with Crippen LogP contribution in [0.2, 0.25) is 0 Å². The van der Waals surface area contributed by atoms with Crippen LogP contribution in [-0.4, -0.2) is 24.2 Å². The third kappa shape index (κ3) is 9.92. The number of benzene rings is 2. The topological polar surface area (TPSA) is 58.6 Å². The van der Waals surface area contributed by atoms with Gasteiger partial charge in [-0.25, -0.2) is 0 Å². The minimum Gasteiger partial charge on any atom is -0.313 e. The van der Waals surface area contributed by atoms with Gasteiger partial charge in [0.1, 0.15) is 6.61 Å². The lowest BCUT2D eigenvalue weighted by Crippen LogP contribution is -2.35. The lowest BCUT2D eigenvalue weighted by atomic mass is 9.94. The second-order valence-corrected chi connectivity index (χ2v) is 9.30. The van der Waals surface area contributed by atoms with Crippen LogP contribution in [0.4, 0.5) is 22.0 Å². The van der Waals surface area contributed by atoms with Gasteiger partial charge in [0.2, 0.25) is 0 Å². The molecule has 0 heterocycles. The molecular formula is C25H32F5NO3P+. The molecule has 1 atom stereocenters. The molecule has 2 aromatic carbocycles. The van der Waals surface area contributed by atoms with Gasteiger partial charge in [0.05, 0.1) is 0 Å². The van der Waals surface area contributed by atoms with Gasteiger partial charge in [-0.3, -0.25) is 0 Å². The highest BCUT2D eigenvalue weighted by molar-refractivity contribution is 7.32. The van der Waals surface area contributed by atoms with E-state index in [1.807, 2.05) is 19.1 Å². The van der Waals surface area contributed by atoms with E-state index in [0.717, 1.165) is 31.7 Å². The molecule has 0 spiro atoms. The maximum absolute atomic E-state index is 14.3. The van der Waals surface area contributed by atoms with Crippen LogP contribution in [0.15, 0.2) is 42.5 Å². The number of aryl methyl sites for hydroxylation is 3. The quantitative estimate of drug-likeness (QED) is 0.149. The van der Waals surface area contributed by atoms with Gasteiger partial charge >= 0.3 is 20.4 Å². The fraction of sp³-hybridized carbons (Fsp3) is 0.520. The van der Waals surface area contributed by atoms with E-state index in [1.54, 1.807) is 6.07 Å². The molecule has 1 unspecified atom stereocenters. The van der Waals surface area contributed by atoms with Gasteiger partial charge in [0, 0.05) is 16.7 Å². The van der Waals surface area contributed by atoms with Gasteiger partial charge in [-0.15, -0.1) is 9.42 Å². The molecule has 0 amide bonds. The molecule has 2 rings (SSSR count). The fourth-order valence-electron chi connectivity index (χ4n) is 3.72. The van der Waals surface area contributed by atoms with E-state index in [1.165, 1.54) is 17.2 Å². The SMILES string of the molecule is Cc1ccc(CCCCCCc2ccc(CNCCCO[P+](=O)O)cc2C(F)(F)C(F)(F)F)cc1. The molecule has 0 bridgehead atoms. The van der Waals surface area contributed by atoms with Crippen LogP contribution < -0.4 is 5.32 Å². The molecule has 2 N–H and O–H groups in total. The molecule has 194 valence electrons. The Labute approximate surface area is 203 Å². The molecule has 0 saturated heterocycles. The Hall–Kier alpha value is -1.93. The molecule has 0 aromatic heterocycles. The number of hydrogen-bond acceptors (Lipinski definition) is 3. The molecule has 0 radical (unpaired) electrons. The lowest BCUT2D eigenvalue weighted by Gasteiger charge is -2.23. The van der Waals surface area contributed by atoms with E-state index in [0.29, 0.717) is 24.9 Å². The van der Waals surface area contributed by atoms with Crippen molar-refractivity contribution in [3.8, 4) is 0 Å². The highest BCUT2D eigenvalue weighted by Gasteiger charge is 2.59. The van der Waals surface area contributed by atoms with Crippen LogP contribution in [0.3, 0.4) is 0 Å². The average molecular weight is 520 g/mol. The first-order valence-corrected chi connectivity index (χ1v) is 12.8. The summed E-state index contributed by atoms with van der Waals surface area (Å²) in [4.78, 5) is 8.55. The van der Waals surface area contributed by atoms with Gasteiger partial charge in [-0.05, 0) is 68.3 Å². The van der Waals surface area contributed by atoms with E-state index in [9.17, 15) is 26.5 Å². The Morgan fingerprint density at radius 2 is 1.51 bits per heavy atom. The number of rotatable bonds is 15. The van der Waals surface area contributed by atoms with E-state index in [-0.39, 0.29) is 25.1 Å². The summed E-state index contributed by atoms with van der Waals surface area (Å²) in [6.45, 7) is 2.48. The zero-order valence-electron chi connectivity index (χ0n) is 19.7. The molecular weight excluding hydrogens is 488 g/mol. The van der Waals surface area contributed by atoms with E-state index in [2.05, 4.69) is 22.0 Å². The lowest BCUT2D eigenvalue weighted by molar-refractivity contribution is -0.289. The smallest absolute Gasteiger partial charge is 0.313 e. The van der Waals surface area contributed by atoms with Crippen molar-refractivity contribution in [3.63, 3.8) is 0 Å². The zero-order chi connectivity index (χ0) is 25.9. The van der Waals surface area contributed by atoms with Crippen LogP contribution in [0, 0.1) is 6.92 Å². The van der Waals surface area contributed by atoms with Crippen molar-refractivity contribution in [2.75, 3.05) is 13.2 Å². The van der Waals surface area contributed by atoms with Gasteiger partial charge in [0.15, 0.2) is 0 Å². The number of hydrogen-bond donors (Lipinski definition) is 2. The number of nitrogens with one attached hydrogen (secondary N) is 1. The predicted molar refractivity (Wildman–Crippen MR) is 126 cm³/mol. The number of halogens is 5. The van der Waals surface area contributed by atoms with Gasteiger partial charge in [-0.2, -0.15) is 22.0 Å². The van der Waals surface area contributed by atoms with Gasteiger partial charge in [-0.1, -0.05) is 54.8 Å². The second-order valence-electron chi connectivity index (χ2n) is 8.56. The first kappa shape index (κ1) is 29.3. The Morgan fingerprint density at radius 1 is 0.886 bits per heavy atom. The van der Waals surface area contributed by atoms with Crippen LogP contribution in [0.1, 0.15) is 59.9 Å². The van der Waals surface area contributed by atoms with Crippen LogP contribution in [0.25, 0.3) is 0 Å². The molecule has 0 aliphatic carbocycles. The zero-order valence-corrected chi connectivity index (χ0v) is 20.6. The third-order valence-corrected chi connectivity index (χ3v) is 6.08. The fourth-order valence-corrected chi connectivity index (χ4v) is 4.01. The maximum Gasteiger partial charge on any atom is 0.694 e. The first-order valence-electron chi connectivity index (χ1n) is 11.6. The number of unbranched alkanes of at least 4 members (excludes halogenated alkanes) is 3. The molecule has 0 saturated carbocycles. The Balaban J connectivity index is 1.91. The summed E-state index contributed by atoms with van der Waals surface area (Å²) in [5, 5.41) is 2.91. The summed E-state index contributed by atoms with van der Waals surface area (Å²) in [6, 6.07) is 12.1. The van der Waals surface area contributed by atoms with Crippen molar-refractivity contribution < 1.29 is 35.9 Å². The largest absolute Gasteiger partial charge is 0.694 e. The molecule has 4 nitrogen and oxygen atoms in total. The van der Waals surface area contributed by atoms with Crippen molar-refractivity contribution in [2.45, 2.75) is 70.5 Å². The minimum atomic E-state index is -5.68. The summed E-state index contributed by atoms with van der Waals surface area (Å²) >= 11 is 0. The highest BCUT2D eigenvalue weighted by atomic mass is 31.1. The Bertz CT molecular complexity index is 936. The van der Waals surface area contributed by atoms with Gasteiger partial charge in [0.25, 0.3) is 0 Å². The minimum absolute atomic E-state index is 0.00903. The van der Waals surface area contributed by atoms with Crippen molar-refractivity contribution in [3.05, 3.63) is 70.3 Å². The normalized spacial score (nSPS) is 12.7. The van der Waals surface area contributed by atoms with E-state index >= 15 is 0 Å². The summed E-state index contributed by atoms with van der Waals surface area (Å²) < 4.78 is 83.0. The van der Waals surface area contributed by atoms with Crippen LogP contribution in [0.5, 0.6) is 0 Å².